The Kier molecular flexibility index (Phi) is 3.31. The highest BCUT2D eigenvalue weighted by atomic mass is 16.6. The van der Waals surface area contributed by atoms with Crippen molar-refractivity contribution >= 4 is 19.3 Å². The van der Waals surface area contributed by atoms with Crippen LogP contribution in [0.3, 0.4) is 0 Å². The molecule has 1 aromatic heterocycles. The van der Waals surface area contributed by atoms with Gasteiger partial charge in [-0.1, -0.05) is 6.07 Å². The maximum atomic E-state index is 10.3. The molecule has 0 aliphatic rings. The van der Waals surface area contributed by atoms with Crippen LogP contribution in [0.4, 0.5) is 0 Å². The molecule has 0 bridgehead atoms. The van der Waals surface area contributed by atoms with Crippen LogP contribution in [0.15, 0.2) is 6.07 Å². The minimum absolute atomic E-state index is 0.0759. The molecule has 1 atom stereocenters. The Bertz CT molecular complexity index is 394. The second kappa shape index (κ2) is 4.31. The van der Waals surface area contributed by atoms with Crippen LogP contribution < -0.4 is 10.2 Å². The van der Waals surface area contributed by atoms with Gasteiger partial charge in [0.1, 0.15) is 7.85 Å². The number of aliphatic hydroxyl groups excluding tert-OH is 1. The molecule has 1 aromatic rings. The lowest BCUT2D eigenvalue weighted by Gasteiger charge is -2.12. The maximum absolute atomic E-state index is 10.3. The molecule has 0 aromatic carbocycles. The third-order valence-corrected chi connectivity index (χ3v) is 1.89. The SMILES string of the molecule is [B]c1cc(C)c(C)nc1OC(O)C(=O)O. The van der Waals surface area contributed by atoms with Crippen LogP contribution in [0, 0.1) is 13.8 Å². The first kappa shape index (κ1) is 11.5. The number of nitrogens with zero attached hydrogens (tertiary/aromatic N) is 1. The lowest BCUT2D eigenvalue weighted by molar-refractivity contribution is -0.162. The first-order valence-corrected chi connectivity index (χ1v) is 4.23. The monoisotopic (exact) mass is 207 g/mol. The van der Waals surface area contributed by atoms with Gasteiger partial charge in [-0.3, -0.25) is 0 Å². The van der Waals surface area contributed by atoms with Crippen molar-refractivity contribution in [2.24, 2.45) is 0 Å². The number of carbonyl (C=O) groups is 1. The van der Waals surface area contributed by atoms with Crippen molar-refractivity contribution < 1.29 is 19.7 Å². The normalized spacial score (nSPS) is 12.2. The van der Waals surface area contributed by atoms with Crippen LogP contribution in [0.25, 0.3) is 0 Å². The highest BCUT2D eigenvalue weighted by molar-refractivity contribution is 6.34. The van der Waals surface area contributed by atoms with Crippen LogP contribution in [0.5, 0.6) is 5.88 Å². The van der Waals surface area contributed by atoms with Crippen molar-refractivity contribution in [2.75, 3.05) is 0 Å². The van der Waals surface area contributed by atoms with Gasteiger partial charge in [0.15, 0.2) is 0 Å². The van der Waals surface area contributed by atoms with Crippen LogP contribution in [-0.4, -0.2) is 35.3 Å². The number of aryl methyl sites for hydroxylation is 2. The van der Waals surface area contributed by atoms with E-state index in [0.29, 0.717) is 5.69 Å². The molecule has 0 spiro atoms. The zero-order valence-corrected chi connectivity index (χ0v) is 8.39. The van der Waals surface area contributed by atoms with Crippen LogP contribution in [0.1, 0.15) is 11.3 Å². The Morgan fingerprint density at radius 1 is 1.60 bits per heavy atom. The first-order valence-electron chi connectivity index (χ1n) is 4.23. The fraction of sp³-hybridized carbons (Fsp3) is 0.333. The van der Waals surface area contributed by atoms with Crippen molar-refractivity contribution in [3.05, 3.63) is 17.3 Å². The Morgan fingerprint density at radius 3 is 2.73 bits per heavy atom. The van der Waals surface area contributed by atoms with E-state index in [1.54, 1.807) is 13.0 Å². The lowest BCUT2D eigenvalue weighted by Crippen LogP contribution is -2.29. The molecule has 0 aliphatic carbocycles. The molecule has 0 amide bonds. The number of hydrogen-bond acceptors (Lipinski definition) is 4. The van der Waals surface area contributed by atoms with E-state index < -0.39 is 12.3 Å². The predicted molar refractivity (Wildman–Crippen MR) is 53.4 cm³/mol. The van der Waals surface area contributed by atoms with E-state index in [9.17, 15) is 4.79 Å². The van der Waals surface area contributed by atoms with Crippen LogP contribution in [-0.2, 0) is 4.79 Å². The molecule has 2 N–H and O–H groups in total. The topological polar surface area (TPSA) is 79.7 Å². The molecule has 5 nitrogen and oxygen atoms in total. The summed E-state index contributed by atoms with van der Waals surface area (Å²) >= 11 is 0. The average Bonchev–Trinajstić information content (AvgIpc) is 2.13. The molecule has 6 heteroatoms. The third-order valence-electron chi connectivity index (χ3n) is 1.89. The van der Waals surface area contributed by atoms with Gasteiger partial charge in [0.25, 0.3) is 6.29 Å². The van der Waals surface area contributed by atoms with E-state index >= 15 is 0 Å². The summed E-state index contributed by atoms with van der Waals surface area (Å²) < 4.78 is 4.66. The van der Waals surface area contributed by atoms with Crippen molar-refractivity contribution in [3.63, 3.8) is 0 Å². The number of pyridine rings is 1. The number of aliphatic carboxylic acids is 1. The molecule has 0 fully saturated rings. The fourth-order valence-corrected chi connectivity index (χ4v) is 0.955. The van der Waals surface area contributed by atoms with Gasteiger partial charge in [-0.05, 0) is 24.9 Å². The van der Waals surface area contributed by atoms with Crippen molar-refractivity contribution in [1.82, 2.24) is 4.98 Å². The largest absolute Gasteiger partial charge is 0.477 e. The summed E-state index contributed by atoms with van der Waals surface area (Å²) in [6, 6.07) is 1.60. The van der Waals surface area contributed by atoms with E-state index in [0.717, 1.165) is 5.56 Å². The van der Waals surface area contributed by atoms with Crippen molar-refractivity contribution in [1.29, 1.82) is 0 Å². The molecule has 1 unspecified atom stereocenters. The zero-order chi connectivity index (χ0) is 11.6. The minimum Gasteiger partial charge on any atom is -0.477 e. The summed E-state index contributed by atoms with van der Waals surface area (Å²) in [5.74, 6) is -1.57. The number of ether oxygens (including phenoxy) is 1. The highest BCUT2D eigenvalue weighted by Gasteiger charge is 2.17. The molecular formula is C9H10BNO4. The van der Waals surface area contributed by atoms with Gasteiger partial charge in [0, 0.05) is 5.69 Å². The van der Waals surface area contributed by atoms with Gasteiger partial charge < -0.3 is 14.9 Å². The second-order valence-corrected chi connectivity index (χ2v) is 3.09. The molecule has 2 radical (unpaired) electrons. The molecule has 0 aliphatic heterocycles. The van der Waals surface area contributed by atoms with Crippen molar-refractivity contribution in [3.8, 4) is 5.88 Å². The third kappa shape index (κ3) is 2.70. The summed E-state index contributed by atoms with van der Waals surface area (Å²) in [6.07, 6.45) is -1.96. The first-order chi connectivity index (χ1) is 6.91. The molecule has 1 rings (SSSR count). The molecule has 78 valence electrons. The Balaban J connectivity index is 2.95. The molecular weight excluding hydrogens is 197 g/mol. The smallest absolute Gasteiger partial charge is 0.373 e. The quantitative estimate of drug-likeness (QED) is 0.504. The average molecular weight is 207 g/mol. The molecule has 15 heavy (non-hydrogen) atoms. The minimum atomic E-state index is -1.96. The second-order valence-electron chi connectivity index (χ2n) is 3.09. The number of hydrogen-bond donors (Lipinski definition) is 2. The molecule has 0 saturated heterocycles. The number of aliphatic hydroxyl groups is 1. The maximum Gasteiger partial charge on any atom is 0.373 e. The highest BCUT2D eigenvalue weighted by Crippen LogP contribution is 2.09. The number of rotatable bonds is 3. The van der Waals surface area contributed by atoms with Gasteiger partial charge in [0.05, 0.1) is 0 Å². The molecule has 1 heterocycles. The predicted octanol–water partition coefficient (Wildman–Crippen LogP) is -0.726. The Morgan fingerprint density at radius 2 is 2.20 bits per heavy atom. The van der Waals surface area contributed by atoms with Gasteiger partial charge in [-0.15, -0.1) is 0 Å². The van der Waals surface area contributed by atoms with Crippen LogP contribution in [0.2, 0.25) is 0 Å². The Hall–Kier alpha value is -1.56. The van der Waals surface area contributed by atoms with E-state index in [-0.39, 0.29) is 11.3 Å². The van der Waals surface area contributed by atoms with Gasteiger partial charge in [0.2, 0.25) is 5.88 Å². The summed E-state index contributed by atoms with van der Waals surface area (Å²) in [7, 11) is 5.55. The molecule has 0 saturated carbocycles. The van der Waals surface area contributed by atoms with E-state index in [4.69, 9.17) is 18.1 Å². The number of carboxylic acid groups (broad SMARTS) is 1. The van der Waals surface area contributed by atoms with Crippen molar-refractivity contribution in [2.45, 2.75) is 20.1 Å². The zero-order valence-electron chi connectivity index (χ0n) is 8.39. The summed E-state index contributed by atoms with van der Waals surface area (Å²) in [5, 5.41) is 17.4. The van der Waals surface area contributed by atoms with Gasteiger partial charge >= 0.3 is 5.97 Å². The standard InChI is InChI=1S/C9H10BNO4/c1-4-3-6(10)7(11-5(4)2)15-9(14)8(12)13/h3,9,14H,1-2H3,(H,12,13). The lowest BCUT2D eigenvalue weighted by atomic mass is 9.95. The van der Waals surface area contributed by atoms with E-state index in [1.807, 2.05) is 6.92 Å². The van der Waals surface area contributed by atoms with Crippen LogP contribution >= 0.6 is 0 Å². The van der Waals surface area contributed by atoms with E-state index in [1.165, 1.54) is 0 Å². The summed E-state index contributed by atoms with van der Waals surface area (Å²) in [4.78, 5) is 14.2. The Labute approximate surface area is 88.1 Å². The van der Waals surface area contributed by atoms with E-state index in [2.05, 4.69) is 9.72 Å². The van der Waals surface area contributed by atoms with Gasteiger partial charge in [-0.2, -0.15) is 0 Å². The summed E-state index contributed by atoms with van der Waals surface area (Å²) in [6.45, 7) is 3.55. The number of aromatic nitrogens is 1. The number of carboxylic acids is 1. The summed E-state index contributed by atoms with van der Waals surface area (Å²) in [5.41, 5.74) is 1.72. The van der Waals surface area contributed by atoms with Gasteiger partial charge in [-0.25, -0.2) is 9.78 Å². The fourth-order valence-electron chi connectivity index (χ4n) is 0.955.